The van der Waals surface area contributed by atoms with Crippen LogP contribution in [-0.4, -0.2) is 17.7 Å². The molecule has 0 fully saturated rings. The summed E-state index contributed by atoms with van der Waals surface area (Å²) in [7, 11) is 0. The molecule has 0 atom stereocenters. The number of carboxylic acid groups (broad SMARTS) is 1. The lowest BCUT2D eigenvalue weighted by atomic mass is 9.95. The van der Waals surface area contributed by atoms with Gasteiger partial charge in [0.2, 0.25) is 0 Å². The number of ether oxygens (including phenoxy) is 1. The summed E-state index contributed by atoms with van der Waals surface area (Å²) < 4.78 is 5.39. The van der Waals surface area contributed by atoms with Crippen molar-refractivity contribution in [3.63, 3.8) is 0 Å². The molecule has 4 heteroatoms. The van der Waals surface area contributed by atoms with E-state index in [4.69, 9.17) is 15.1 Å². The average molecular weight is 215 g/mol. The number of carboxylic acids is 1. The molecule has 0 saturated heterocycles. The Hall–Kier alpha value is -2.28. The molecule has 2 rings (SSSR count). The number of hydrogen-bond donors (Lipinski definition) is 1. The third kappa shape index (κ3) is 1.63. The van der Waals surface area contributed by atoms with Crippen molar-refractivity contribution >= 4 is 11.5 Å². The van der Waals surface area contributed by atoms with Gasteiger partial charge in [-0.1, -0.05) is 18.2 Å². The lowest BCUT2D eigenvalue weighted by Crippen LogP contribution is -2.11. The molecule has 1 heterocycles. The van der Waals surface area contributed by atoms with E-state index < -0.39 is 5.97 Å². The summed E-state index contributed by atoms with van der Waals surface area (Å²) in [4.78, 5) is 10.9. The molecule has 1 aromatic rings. The predicted octanol–water partition coefficient (Wildman–Crippen LogP) is 1.83. The molecule has 1 aliphatic heterocycles. The van der Waals surface area contributed by atoms with Crippen molar-refractivity contribution in [1.82, 2.24) is 0 Å². The molecule has 1 aromatic carbocycles. The summed E-state index contributed by atoms with van der Waals surface area (Å²) in [6, 6.07) is 8.88. The minimum atomic E-state index is -1.19. The van der Waals surface area contributed by atoms with Crippen LogP contribution < -0.4 is 4.74 Å². The Balaban J connectivity index is 2.62. The van der Waals surface area contributed by atoms with Crippen molar-refractivity contribution in [3.8, 4) is 11.8 Å². The third-order valence-electron chi connectivity index (χ3n) is 2.45. The first-order valence-corrected chi connectivity index (χ1v) is 4.83. The van der Waals surface area contributed by atoms with Gasteiger partial charge in [-0.2, -0.15) is 5.26 Å². The summed E-state index contributed by atoms with van der Waals surface area (Å²) in [5, 5.41) is 17.8. The van der Waals surface area contributed by atoms with E-state index in [9.17, 15) is 4.79 Å². The second-order valence-corrected chi connectivity index (χ2v) is 3.37. The predicted molar refractivity (Wildman–Crippen MR) is 56.7 cm³/mol. The molecule has 0 spiro atoms. The van der Waals surface area contributed by atoms with E-state index >= 15 is 0 Å². The number of nitriles is 1. The second kappa shape index (κ2) is 4.07. The van der Waals surface area contributed by atoms with Gasteiger partial charge >= 0.3 is 5.97 Å². The molecule has 0 saturated carbocycles. The van der Waals surface area contributed by atoms with Crippen molar-refractivity contribution < 1.29 is 14.6 Å². The van der Waals surface area contributed by atoms with E-state index in [1.165, 1.54) is 0 Å². The van der Waals surface area contributed by atoms with Gasteiger partial charge in [-0.15, -0.1) is 0 Å². The van der Waals surface area contributed by atoms with E-state index in [2.05, 4.69) is 0 Å². The highest BCUT2D eigenvalue weighted by atomic mass is 16.5. The number of carbonyl (C=O) groups is 1. The van der Waals surface area contributed by atoms with Crippen molar-refractivity contribution in [2.24, 2.45) is 0 Å². The molecule has 1 N–H and O–H groups in total. The lowest BCUT2D eigenvalue weighted by Gasteiger charge is -2.20. The SMILES string of the molecule is N#C/C(C(=O)O)=C1/CCOc2ccccc21. The fraction of sp³-hybridized carbons (Fsp3) is 0.167. The Morgan fingerprint density at radius 3 is 2.88 bits per heavy atom. The maximum absolute atomic E-state index is 10.9. The standard InChI is InChI=1S/C12H9NO3/c13-7-10(12(14)15)8-5-6-16-11-4-2-1-3-9(8)11/h1-4H,5-6H2,(H,14,15)/b10-8+. The molecule has 0 unspecified atom stereocenters. The van der Waals surface area contributed by atoms with Crippen molar-refractivity contribution in [1.29, 1.82) is 5.26 Å². The van der Waals surface area contributed by atoms with Crippen molar-refractivity contribution in [2.45, 2.75) is 6.42 Å². The van der Waals surface area contributed by atoms with E-state index in [-0.39, 0.29) is 5.57 Å². The Morgan fingerprint density at radius 1 is 1.44 bits per heavy atom. The first kappa shape index (κ1) is 10.2. The quantitative estimate of drug-likeness (QED) is 0.573. The summed E-state index contributed by atoms with van der Waals surface area (Å²) in [6.45, 7) is 0.408. The van der Waals surface area contributed by atoms with Gasteiger partial charge in [0.1, 0.15) is 17.4 Å². The highest BCUT2D eigenvalue weighted by Crippen LogP contribution is 2.34. The smallest absolute Gasteiger partial charge is 0.346 e. The van der Waals surface area contributed by atoms with Crippen LogP contribution in [0.4, 0.5) is 0 Å². The largest absolute Gasteiger partial charge is 0.493 e. The number of aliphatic carboxylic acids is 1. The lowest BCUT2D eigenvalue weighted by molar-refractivity contribution is -0.132. The van der Waals surface area contributed by atoms with E-state index in [1.807, 2.05) is 6.07 Å². The van der Waals surface area contributed by atoms with E-state index in [1.54, 1.807) is 24.3 Å². The Kier molecular flexibility index (Phi) is 2.61. The van der Waals surface area contributed by atoms with Crippen LogP contribution >= 0.6 is 0 Å². The van der Waals surface area contributed by atoms with Gasteiger partial charge in [0.25, 0.3) is 0 Å². The molecular formula is C12H9NO3. The maximum Gasteiger partial charge on any atom is 0.346 e. The van der Waals surface area contributed by atoms with Gasteiger partial charge in [0.15, 0.2) is 0 Å². The number of hydrogen-bond acceptors (Lipinski definition) is 3. The van der Waals surface area contributed by atoms with Gasteiger partial charge in [-0.25, -0.2) is 4.79 Å². The molecule has 16 heavy (non-hydrogen) atoms. The summed E-state index contributed by atoms with van der Waals surface area (Å²) >= 11 is 0. The van der Waals surface area contributed by atoms with Crippen LogP contribution in [0.2, 0.25) is 0 Å². The first-order chi connectivity index (χ1) is 7.74. The Morgan fingerprint density at radius 2 is 2.19 bits per heavy atom. The van der Waals surface area contributed by atoms with E-state index in [0.29, 0.717) is 29.9 Å². The van der Waals surface area contributed by atoms with Crippen LogP contribution in [0, 0.1) is 11.3 Å². The molecule has 4 nitrogen and oxygen atoms in total. The van der Waals surface area contributed by atoms with Gasteiger partial charge in [-0.05, 0) is 11.6 Å². The monoisotopic (exact) mass is 215 g/mol. The second-order valence-electron chi connectivity index (χ2n) is 3.37. The zero-order valence-electron chi connectivity index (χ0n) is 8.43. The highest BCUT2D eigenvalue weighted by Gasteiger charge is 2.21. The van der Waals surface area contributed by atoms with Gasteiger partial charge in [0.05, 0.1) is 6.61 Å². The van der Waals surface area contributed by atoms with Crippen LogP contribution in [0.15, 0.2) is 29.8 Å². The molecule has 80 valence electrons. The van der Waals surface area contributed by atoms with E-state index in [0.717, 1.165) is 0 Å². The summed E-state index contributed by atoms with van der Waals surface area (Å²) in [6.07, 6.45) is 0.451. The molecule has 0 aromatic heterocycles. The number of rotatable bonds is 1. The zero-order chi connectivity index (χ0) is 11.5. The van der Waals surface area contributed by atoms with Gasteiger partial charge < -0.3 is 9.84 Å². The third-order valence-corrected chi connectivity index (χ3v) is 2.45. The van der Waals surface area contributed by atoms with Crippen molar-refractivity contribution in [2.75, 3.05) is 6.61 Å². The topological polar surface area (TPSA) is 70.3 Å². The molecular weight excluding hydrogens is 206 g/mol. The number of fused-ring (bicyclic) bond motifs is 1. The van der Waals surface area contributed by atoms with Crippen LogP contribution in [0.5, 0.6) is 5.75 Å². The highest BCUT2D eigenvalue weighted by molar-refractivity contribution is 6.01. The molecule has 0 bridgehead atoms. The van der Waals surface area contributed by atoms with Crippen LogP contribution in [0.1, 0.15) is 12.0 Å². The maximum atomic E-state index is 10.9. The fourth-order valence-electron chi connectivity index (χ4n) is 1.74. The Labute approximate surface area is 92.4 Å². The van der Waals surface area contributed by atoms with Crippen LogP contribution in [0.25, 0.3) is 5.57 Å². The van der Waals surface area contributed by atoms with Crippen LogP contribution in [-0.2, 0) is 4.79 Å². The zero-order valence-corrected chi connectivity index (χ0v) is 8.43. The fourth-order valence-corrected chi connectivity index (χ4v) is 1.74. The van der Waals surface area contributed by atoms with Crippen molar-refractivity contribution in [3.05, 3.63) is 35.4 Å². The molecule has 1 aliphatic rings. The molecule has 0 radical (unpaired) electrons. The average Bonchev–Trinajstić information content (AvgIpc) is 2.30. The molecule has 0 amide bonds. The minimum absolute atomic E-state index is 0.198. The van der Waals surface area contributed by atoms with Gasteiger partial charge in [0, 0.05) is 12.0 Å². The van der Waals surface area contributed by atoms with Gasteiger partial charge in [-0.3, -0.25) is 0 Å². The minimum Gasteiger partial charge on any atom is -0.493 e. The number of nitrogens with zero attached hydrogens (tertiary/aromatic N) is 1. The normalized spacial score (nSPS) is 16.7. The Bertz CT molecular complexity index is 511. The van der Waals surface area contributed by atoms with Crippen LogP contribution in [0.3, 0.4) is 0 Å². The number of para-hydroxylation sites is 1. The number of benzene rings is 1. The molecule has 0 aliphatic carbocycles. The first-order valence-electron chi connectivity index (χ1n) is 4.83. The summed E-state index contributed by atoms with van der Waals surface area (Å²) in [5.74, 6) is -0.549. The summed E-state index contributed by atoms with van der Waals surface area (Å²) in [5.41, 5.74) is 1.06.